The first-order valence-electron chi connectivity index (χ1n) is 7.42. The number of carbonyl (C=O) groups is 1. The van der Waals surface area contributed by atoms with E-state index in [-0.39, 0.29) is 11.5 Å². The molecule has 0 bridgehead atoms. The molecule has 0 aliphatic carbocycles. The minimum atomic E-state index is -0.750. The van der Waals surface area contributed by atoms with Crippen LogP contribution in [0.4, 0.5) is 14.5 Å². The summed E-state index contributed by atoms with van der Waals surface area (Å²) >= 11 is 0. The summed E-state index contributed by atoms with van der Waals surface area (Å²) < 4.78 is 26.6. The largest absolute Gasteiger partial charge is 0.378 e. The van der Waals surface area contributed by atoms with Crippen molar-refractivity contribution in [3.8, 4) is 0 Å². The van der Waals surface area contributed by atoms with Crippen LogP contribution in [-0.4, -0.2) is 31.4 Å². The van der Waals surface area contributed by atoms with Crippen LogP contribution in [0, 0.1) is 11.6 Å². The van der Waals surface area contributed by atoms with Crippen molar-refractivity contribution in [3.63, 3.8) is 0 Å². The molecule has 0 N–H and O–H groups in total. The third kappa shape index (κ3) is 4.28. The van der Waals surface area contributed by atoms with Gasteiger partial charge in [-0.3, -0.25) is 4.79 Å². The molecule has 0 unspecified atom stereocenters. The van der Waals surface area contributed by atoms with Gasteiger partial charge in [-0.15, -0.1) is 0 Å². The average molecular weight is 318 g/mol. The standard InChI is InChI=1S/C18H20F2N2O/c1-4-22(12-13-5-7-17(8-6-13)21(2)3)18(23)14-9-15(19)11-16(20)10-14/h5-11H,4,12H2,1-3H3. The van der Waals surface area contributed by atoms with Gasteiger partial charge >= 0.3 is 0 Å². The molecule has 0 saturated heterocycles. The molecular formula is C18H20F2N2O. The molecule has 3 nitrogen and oxygen atoms in total. The van der Waals surface area contributed by atoms with Gasteiger partial charge in [0.05, 0.1) is 0 Å². The Hall–Kier alpha value is -2.43. The van der Waals surface area contributed by atoms with E-state index in [1.807, 2.05) is 50.2 Å². The summed E-state index contributed by atoms with van der Waals surface area (Å²) in [4.78, 5) is 16.0. The highest BCUT2D eigenvalue weighted by Gasteiger charge is 2.16. The van der Waals surface area contributed by atoms with E-state index in [4.69, 9.17) is 0 Å². The van der Waals surface area contributed by atoms with Gasteiger partial charge in [0.1, 0.15) is 11.6 Å². The Morgan fingerprint density at radius 2 is 1.57 bits per heavy atom. The lowest BCUT2D eigenvalue weighted by molar-refractivity contribution is 0.0751. The number of halogens is 2. The van der Waals surface area contributed by atoms with Crippen LogP contribution in [-0.2, 0) is 6.54 Å². The maximum Gasteiger partial charge on any atom is 0.254 e. The highest BCUT2D eigenvalue weighted by molar-refractivity contribution is 5.94. The van der Waals surface area contributed by atoms with E-state index in [1.54, 1.807) is 4.90 Å². The molecule has 0 heterocycles. The van der Waals surface area contributed by atoms with E-state index in [0.717, 1.165) is 29.4 Å². The maximum absolute atomic E-state index is 13.3. The predicted molar refractivity (Wildman–Crippen MR) is 87.5 cm³/mol. The minimum Gasteiger partial charge on any atom is -0.378 e. The Bertz CT molecular complexity index is 664. The second-order valence-corrected chi connectivity index (χ2v) is 5.54. The fraction of sp³-hybridized carbons (Fsp3) is 0.278. The van der Waals surface area contributed by atoms with E-state index in [9.17, 15) is 13.6 Å². The minimum absolute atomic E-state index is 0.0225. The highest BCUT2D eigenvalue weighted by atomic mass is 19.1. The first-order valence-corrected chi connectivity index (χ1v) is 7.42. The van der Waals surface area contributed by atoms with Gasteiger partial charge < -0.3 is 9.80 Å². The van der Waals surface area contributed by atoms with Gasteiger partial charge in [0.2, 0.25) is 0 Å². The molecule has 2 aromatic rings. The van der Waals surface area contributed by atoms with Gasteiger partial charge in [0, 0.05) is 44.5 Å². The monoisotopic (exact) mass is 318 g/mol. The van der Waals surface area contributed by atoms with Crippen LogP contribution in [0.5, 0.6) is 0 Å². The Balaban J connectivity index is 2.17. The van der Waals surface area contributed by atoms with Crippen LogP contribution in [0.15, 0.2) is 42.5 Å². The van der Waals surface area contributed by atoms with Crippen LogP contribution in [0.2, 0.25) is 0 Å². The molecule has 0 atom stereocenters. The zero-order valence-corrected chi connectivity index (χ0v) is 13.5. The van der Waals surface area contributed by atoms with Crippen molar-refractivity contribution in [2.24, 2.45) is 0 Å². The number of carbonyl (C=O) groups excluding carboxylic acids is 1. The third-order valence-electron chi connectivity index (χ3n) is 3.60. The van der Waals surface area contributed by atoms with E-state index in [2.05, 4.69) is 0 Å². The summed E-state index contributed by atoms with van der Waals surface area (Å²) in [5.41, 5.74) is 2.05. The smallest absolute Gasteiger partial charge is 0.254 e. The van der Waals surface area contributed by atoms with Crippen molar-refractivity contribution < 1.29 is 13.6 Å². The number of nitrogens with zero attached hydrogens (tertiary/aromatic N) is 2. The molecule has 0 radical (unpaired) electrons. The van der Waals surface area contributed by atoms with Gasteiger partial charge in [-0.05, 0) is 36.8 Å². The fourth-order valence-electron chi connectivity index (χ4n) is 2.31. The topological polar surface area (TPSA) is 23.6 Å². The van der Waals surface area contributed by atoms with Gasteiger partial charge in [0.25, 0.3) is 5.91 Å². The Morgan fingerprint density at radius 1 is 1.00 bits per heavy atom. The molecule has 0 spiro atoms. The summed E-state index contributed by atoms with van der Waals surface area (Å²) in [7, 11) is 3.91. The second kappa shape index (κ2) is 7.22. The van der Waals surface area contributed by atoms with E-state index >= 15 is 0 Å². The first kappa shape index (κ1) is 16.9. The van der Waals surface area contributed by atoms with Gasteiger partial charge in [-0.25, -0.2) is 8.78 Å². The summed E-state index contributed by atoms with van der Waals surface area (Å²) in [6.07, 6.45) is 0. The molecule has 0 aliphatic heterocycles. The van der Waals surface area contributed by atoms with Crippen molar-refractivity contribution in [1.82, 2.24) is 4.90 Å². The summed E-state index contributed by atoms with van der Waals surface area (Å²) in [6, 6.07) is 10.7. The average Bonchev–Trinajstić information content (AvgIpc) is 2.51. The van der Waals surface area contributed by atoms with Crippen molar-refractivity contribution in [3.05, 3.63) is 65.2 Å². The molecule has 122 valence electrons. The lowest BCUT2D eigenvalue weighted by atomic mass is 10.1. The Labute approximate surface area is 135 Å². The van der Waals surface area contributed by atoms with Gasteiger partial charge in [-0.1, -0.05) is 12.1 Å². The first-order chi connectivity index (χ1) is 10.9. The molecule has 0 aliphatic rings. The molecule has 5 heteroatoms. The van der Waals surface area contributed by atoms with Crippen molar-refractivity contribution >= 4 is 11.6 Å². The SMILES string of the molecule is CCN(Cc1ccc(N(C)C)cc1)C(=O)c1cc(F)cc(F)c1. The predicted octanol–water partition coefficient (Wildman–Crippen LogP) is 3.69. The van der Waals surface area contributed by atoms with Crippen LogP contribution >= 0.6 is 0 Å². The number of hydrogen-bond acceptors (Lipinski definition) is 2. The maximum atomic E-state index is 13.3. The molecule has 2 aromatic carbocycles. The third-order valence-corrected chi connectivity index (χ3v) is 3.60. The van der Waals surface area contributed by atoms with E-state index < -0.39 is 11.6 Å². The molecule has 1 amide bonds. The molecular weight excluding hydrogens is 298 g/mol. The summed E-state index contributed by atoms with van der Waals surface area (Å²) in [5, 5.41) is 0. The van der Waals surface area contributed by atoms with Crippen LogP contribution in [0.3, 0.4) is 0 Å². The lowest BCUT2D eigenvalue weighted by Gasteiger charge is -2.22. The Kier molecular flexibility index (Phi) is 5.32. The molecule has 2 rings (SSSR count). The van der Waals surface area contributed by atoms with Crippen LogP contribution in [0.25, 0.3) is 0 Å². The zero-order chi connectivity index (χ0) is 17.0. The fourth-order valence-corrected chi connectivity index (χ4v) is 2.31. The highest BCUT2D eigenvalue weighted by Crippen LogP contribution is 2.16. The number of rotatable bonds is 5. The van der Waals surface area contributed by atoms with E-state index in [0.29, 0.717) is 13.1 Å². The quantitative estimate of drug-likeness (QED) is 0.839. The lowest BCUT2D eigenvalue weighted by Crippen LogP contribution is -2.30. The normalized spacial score (nSPS) is 10.5. The van der Waals surface area contributed by atoms with Crippen molar-refractivity contribution in [2.45, 2.75) is 13.5 Å². The molecule has 23 heavy (non-hydrogen) atoms. The number of benzene rings is 2. The van der Waals surface area contributed by atoms with E-state index in [1.165, 1.54) is 0 Å². The van der Waals surface area contributed by atoms with Crippen LogP contribution in [0.1, 0.15) is 22.8 Å². The van der Waals surface area contributed by atoms with Gasteiger partial charge in [0.15, 0.2) is 0 Å². The zero-order valence-electron chi connectivity index (χ0n) is 13.5. The van der Waals surface area contributed by atoms with Gasteiger partial charge in [-0.2, -0.15) is 0 Å². The molecule has 0 saturated carbocycles. The number of anilines is 1. The van der Waals surface area contributed by atoms with Crippen LogP contribution < -0.4 is 4.90 Å². The summed E-state index contributed by atoms with van der Waals surface area (Å²) in [6.45, 7) is 2.68. The molecule has 0 fully saturated rings. The second-order valence-electron chi connectivity index (χ2n) is 5.54. The summed E-state index contributed by atoms with van der Waals surface area (Å²) in [5.74, 6) is -1.89. The number of hydrogen-bond donors (Lipinski definition) is 0. The number of amides is 1. The molecule has 0 aromatic heterocycles. The van der Waals surface area contributed by atoms with Crippen molar-refractivity contribution in [2.75, 3.05) is 25.5 Å². The Morgan fingerprint density at radius 3 is 2.04 bits per heavy atom. The van der Waals surface area contributed by atoms with Crippen molar-refractivity contribution in [1.29, 1.82) is 0 Å².